The molecule has 0 aromatic heterocycles. The van der Waals surface area contributed by atoms with Gasteiger partial charge in [-0.1, -0.05) is 35.9 Å². The van der Waals surface area contributed by atoms with Crippen molar-refractivity contribution in [1.82, 2.24) is 10.2 Å². The summed E-state index contributed by atoms with van der Waals surface area (Å²) in [7, 11) is 5.69. The van der Waals surface area contributed by atoms with E-state index in [1.54, 1.807) is 7.11 Å². The molecule has 1 aliphatic carbocycles. The molecule has 0 spiro atoms. The van der Waals surface area contributed by atoms with Crippen LogP contribution in [0, 0.1) is 0 Å². The molecule has 1 N–H and O–H groups in total. The highest BCUT2D eigenvalue weighted by Crippen LogP contribution is 2.48. The minimum absolute atomic E-state index is 0.0788. The van der Waals surface area contributed by atoms with Gasteiger partial charge in [-0.15, -0.1) is 0 Å². The monoisotopic (exact) mass is 372 g/mol. The molecule has 2 aromatic rings. The number of hydrogen-bond donors (Lipinski definition) is 1. The van der Waals surface area contributed by atoms with E-state index in [4.69, 9.17) is 16.3 Å². The average molecular weight is 373 g/mol. The van der Waals surface area contributed by atoms with Crippen LogP contribution in [0.1, 0.15) is 30.0 Å². The fraction of sp³-hybridized carbons (Fsp3) is 0.381. The van der Waals surface area contributed by atoms with Crippen molar-refractivity contribution in [3.8, 4) is 5.75 Å². The van der Waals surface area contributed by atoms with E-state index in [-0.39, 0.29) is 11.9 Å². The molecule has 2 aromatic carbocycles. The summed E-state index contributed by atoms with van der Waals surface area (Å²) < 4.78 is 5.33. The summed E-state index contributed by atoms with van der Waals surface area (Å²) in [6.07, 6.45) is 1.76. The van der Waals surface area contributed by atoms with Gasteiger partial charge in [0.25, 0.3) is 0 Å². The lowest BCUT2D eigenvalue weighted by molar-refractivity contribution is -0.123. The Labute approximate surface area is 160 Å². The first-order valence-corrected chi connectivity index (χ1v) is 9.19. The Morgan fingerprint density at radius 3 is 2.50 bits per heavy atom. The van der Waals surface area contributed by atoms with E-state index in [1.165, 1.54) is 0 Å². The minimum atomic E-state index is -0.393. The maximum absolute atomic E-state index is 12.9. The third-order valence-corrected chi connectivity index (χ3v) is 5.39. The molecule has 0 heterocycles. The third-order valence-electron chi connectivity index (χ3n) is 5.14. The Morgan fingerprint density at radius 2 is 1.92 bits per heavy atom. The molecule has 26 heavy (non-hydrogen) atoms. The maximum atomic E-state index is 12.9. The first-order chi connectivity index (χ1) is 12.5. The van der Waals surface area contributed by atoms with Gasteiger partial charge in [-0.2, -0.15) is 0 Å². The predicted molar refractivity (Wildman–Crippen MR) is 105 cm³/mol. The van der Waals surface area contributed by atoms with Crippen LogP contribution in [0.4, 0.5) is 0 Å². The van der Waals surface area contributed by atoms with Gasteiger partial charge in [-0.25, -0.2) is 0 Å². The number of ether oxygens (including phenoxy) is 1. The van der Waals surface area contributed by atoms with Gasteiger partial charge < -0.3 is 15.0 Å². The highest BCUT2D eigenvalue weighted by Gasteiger charge is 2.51. The molecule has 0 radical (unpaired) electrons. The van der Waals surface area contributed by atoms with Gasteiger partial charge in [0.05, 0.1) is 18.6 Å². The number of carbonyl (C=O) groups is 1. The van der Waals surface area contributed by atoms with Crippen LogP contribution < -0.4 is 10.1 Å². The van der Waals surface area contributed by atoms with Crippen LogP contribution >= 0.6 is 11.6 Å². The van der Waals surface area contributed by atoms with E-state index >= 15 is 0 Å². The minimum Gasteiger partial charge on any atom is -0.497 e. The van der Waals surface area contributed by atoms with Crippen molar-refractivity contribution in [1.29, 1.82) is 0 Å². The molecule has 0 saturated heterocycles. The largest absolute Gasteiger partial charge is 0.497 e. The topological polar surface area (TPSA) is 41.6 Å². The van der Waals surface area contributed by atoms with Crippen molar-refractivity contribution in [2.45, 2.75) is 24.3 Å². The molecule has 0 aliphatic heterocycles. The lowest BCUT2D eigenvalue weighted by atomic mass is 9.94. The van der Waals surface area contributed by atoms with Crippen molar-refractivity contribution in [3.05, 3.63) is 64.7 Å². The average Bonchev–Trinajstić information content (AvgIpc) is 3.44. The van der Waals surface area contributed by atoms with E-state index in [0.717, 1.165) is 29.7 Å². The number of nitrogens with one attached hydrogen (secondary N) is 1. The van der Waals surface area contributed by atoms with Gasteiger partial charge in [0.15, 0.2) is 0 Å². The number of benzene rings is 2. The summed E-state index contributed by atoms with van der Waals surface area (Å²) in [5, 5.41) is 3.85. The van der Waals surface area contributed by atoms with Gasteiger partial charge in [0.2, 0.25) is 5.91 Å². The summed E-state index contributed by atoms with van der Waals surface area (Å²) in [6, 6.07) is 15.7. The zero-order valence-electron chi connectivity index (χ0n) is 15.5. The van der Waals surface area contributed by atoms with Crippen LogP contribution in [0.2, 0.25) is 5.02 Å². The molecule has 1 aliphatic rings. The number of halogens is 1. The van der Waals surface area contributed by atoms with Crippen molar-refractivity contribution < 1.29 is 9.53 Å². The number of methoxy groups -OCH3 is 1. The summed E-state index contributed by atoms with van der Waals surface area (Å²) in [4.78, 5) is 15.0. The molecule has 5 heteroatoms. The first kappa shape index (κ1) is 18.7. The van der Waals surface area contributed by atoms with E-state index in [1.807, 2.05) is 56.6 Å². The highest BCUT2D eigenvalue weighted by atomic mass is 35.5. The van der Waals surface area contributed by atoms with Crippen LogP contribution in [-0.4, -0.2) is 38.6 Å². The van der Waals surface area contributed by atoms with Crippen LogP contribution in [0.5, 0.6) is 5.75 Å². The van der Waals surface area contributed by atoms with Crippen LogP contribution in [0.25, 0.3) is 0 Å². The third kappa shape index (κ3) is 3.87. The van der Waals surface area contributed by atoms with Gasteiger partial charge in [0.1, 0.15) is 5.75 Å². The number of likely N-dealkylation sites (N-methyl/N-ethyl adjacent to an activating group) is 1. The number of nitrogens with zero attached hydrogens (tertiary/aromatic N) is 1. The molecular weight excluding hydrogens is 348 g/mol. The number of amides is 1. The Hall–Kier alpha value is -2.04. The summed E-state index contributed by atoms with van der Waals surface area (Å²) in [6.45, 7) is 0.550. The Balaban J connectivity index is 1.71. The zero-order valence-corrected chi connectivity index (χ0v) is 16.2. The Bertz CT molecular complexity index is 770. The van der Waals surface area contributed by atoms with E-state index in [2.05, 4.69) is 16.3 Å². The zero-order chi connectivity index (χ0) is 18.7. The molecule has 0 bridgehead atoms. The molecular formula is C21H25ClN2O2. The van der Waals surface area contributed by atoms with Gasteiger partial charge in [-0.05, 0) is 62.3 Å². The van der Waals surface area contributed by atoms with Crippen molar-refractivity contribution in [3.63, 3.8) is 0 Å². The molecule has 1 saturated carbocycles. The van der Waals surface area contributed by atoms with Gasteiger partial charge >= 0.3 is 0 Å². The van der Waals surface area contributed by atoms with Crippen LogP contribution in [-0.2, 0) is 10.2 Å². The molecule has 138 valence electrons. The van der Waals surface area contributed by atoms with E-state index < -0.39 is 5.41 Å². The molecule has 1 atom stereocenters. The van der Waals surface area contributed by atoms with Crippen molar-refractivity contribution >= 4 is 17.5 Å². The predicted octanol–water partition coefficient (Wildman–Crippen LogP) is 3.80. The SMILES string of the molecule is COc1cccc(C(CNC(=O)C2(c3ccc(Cl)cc3)CC2)N(C)C)c1. The van der Waals surface area contributed by atoms with Crippen LogP contribution in [0.3, 0.4) is 0 Å². The van der Waals surface area contributed by atoms with Crippen molar-refractivity contribution in [2.24, 2.45) is 0 Å². The fourth-order valence-electron chi connectivity index (χ4n) is 3.35. The normalized spacial score (nSPS) is 16.2. The van der Waals surface area contributed by atoms with Crippen molar-refractivity contribution in [2.75, 3.05) is 27.7 Å². The lowest BCUT2D eigenvalue weighted by Crippen LogP contribution is -2.40. The van der Waals surface area contributed by atoms with E-state index in [0.29, 0.717) is 11.6 Å². The fourth-order valence-corrected chi connectivity index (χ4v) is 3.47. The second-order valence-corrected chi connectivity index (χ2v) is 7.49. The molecule has 3 rings (SSSR count). The summed E-state index contributed by atoms with van der Waals surface area (Å²) in [5.41, 5.74) is 1.77. The Morgan fingerprint density at radius 1 is 1.23 bits per heavy atom. The van der Waals surface area contributed by atoms with Gasteiger partial charge in [0, 0.05) is 11.6 Å². The van der Waals surface area contributed by atoms with E-state index in [9.17, 15) is 4.79 Å². The number of rotatable bonds is 7. The summed E-state index contributed by atoms with van der Waals surface area (Å²) in [5.74, 6) is 0.912. The maximum Gasteiger partial charge on any atom is 0.230 e. The molecule has 4 nitrogen and oxygen atoms in total. The quantitative estimate of drug-likeness (QED) is 0.803. The van der Waals surface area contributed by atoms with Crippen LogP contribution in [0.15, 0.2) is 48.5 Å². The lowest BCUT2D eigenvalue weighted by Gasteiger charge is -2.26. The second kappa shape index (κ2) is 7.68. The molecule has 1 unspecified atom stereocenters. The van der Waals surface area contributed by atoms with Gasteiger partial charge in [-0.3, -0.25) is 4.79 Å². The summed E-state index contributed by atoms with van der Waals surface area (Å²) >= 11 is 5.98. The standard InChI is InChI=1S/C21H25ClN2O2/c1-24(2)19(15-5-4-6-18(13-15)26-3)14-23-20(25)21(11-12-21)16-7-9-17(22)10-8-16/h4-10,13,19H,11-12,14H2,1-3H3,(H,23,25). The molecule has 1 fully saturated rings. The number of hydrogen-bond acceptors (Lipinski definition) is 3. The number of carbonyl (C=O) groups excluding carboxylic acids is 1. The molecule has 1 amide bonds. The first-order valence-electron chi connectivity index (χ1n) is 8.81. The highest BCUT2D eigenvalue weighted by molar-refractivity contribution is 6.30. The Kier molecular flexibility index (Phi) is 5.54. The smallest absolute Gasteiger partial charge is 0.230 e. The second-order valence-electron chi connectivity index (χ2n) is 7.06.